The van der Waals surface area contributed by atoms with Gasteiger partial charge in [0.2, 0.25) is 5.91 Å². The molecule has 2 rings (SSSR count). The van der Waals surface area contributed by atoms with Crippen molar-refractivity contribution in [3.8, 4) is 5.75 Å². The molecule has 1 aliphatic rings. The van der Waals surface area contributed by atoms with Crippen LogP contribution < -0.4 is 15.4 Å². The lowest BCUT2D eigenvalue weighted by molar-refractivity contribution is -0.758. The van der Waals surface area contributed by atoms with E-state index in [0.29, 0.717) is 5.75 Å². The fourth-order valence-electron chi connectivity index (χ4n) is 2.22. The Kier molecular flexibility index (Phi) is 5.85. The third kappa shape index (κ3) is 4.51. The molecule has 0 bridgehead atoms. The molecule has 2 N–H and O–H groups in total. The fraction of sp³-hybridized carbons (Fsp3) is 0.429. The van der Waals surface area contributed by atoms with Gasteiger partial charge in [-0.25, -0.2) is 0 Å². The van der Waals surface area contributed by atoms with Crippen LogP contribution >= 0.6 is 11.8 Å². The second-order valence-corrected chi connectivity index (χ2v) is 6.26. The van der Waals surface area contributed by atoms with Crippen molar-refractivity contribution in [2.75, 3.05) is 13.7 Å². The monoisotopic (exact) mass is 355 g/mol. The summed E-state index contributed by atoms with van der Waals surface area (Å²) in [7, 11) is 1.55. The Labute approximate surface area is 142 Å². The minimum atomic E-state index is -0.921. The molecule has 3 unspecified atom stereocenters. The van der Waals surface area contributed by atoms with E-state index in [4.69, 9.17) is 4.74 Å². The van der Waals surface area contributed by atoms with Gasteiger partial charge in [-0.05, 0) is 24.6 Å². The molecule has 1 saturated heterocycles. The van der Waals surface area contributed by atoms with Crippen LogP contribution in [0.5, 0.6) is 5.75 Å². The number of methoxy groups -OCH3 is 1. The fourth-order valence-corrected chi connectivity index (χ4v) is 3.27. The molecular formula is C14H17N3O6S. The zero-order valence-electron chi connectivity index (χ0n) is 13.1. The highest BCUT2D eigenvalue weighted by Gasteiger charge is 2.39. The summed E-state index contributed by atoms with van der Waals surface area (Å²) >= 11 is 1.02. The Morgan fingerprint density at radius 2 is 2.12 bits per heavy atom. The molecule has 0 aliphatic carbocycles. The summed E-state index contributed by atoms with van der Waals surface area (Å²) < 4.78 is 5.09. The third-order valence-corrected chi connectivity index (χ3v) is 4.49. The summed E-state index contributed by atoms with van der Waals surface area (Å²) in [5.41, 5.74) is 0.800. The number of hydrogen-bond acceptors (Lipinski definition) is 7. The second kappa shape index (κ2) is 7.86. The van der Waals surface area contributed by atoms with E-state index in [0.717, 1.165) is 17.3 Å². The molecule has 3 atom stereocenters. The first kappa shape index (κ1) is 17.9. The van der Waals surface area contributed by atoms with E-state index >= 15 is 0 Å². The van der Waals surface area contributed by atoms with E-state index in [1.807, 2.05) is 0 Å². The molecule has 1 heterocycles. The molecule has 10 heteroatoms. The summed E-state index contributed by atoms with van der Waals surface area (Å²) in [5, 5.41) is 13.8. The largest absolute Gasteiger partial charge is 0.497 e. The zero-order chi connectivity index (χ0) is 17.7. The van der Waals surface area contributed by atoms with Crippen LogP contribution in [0.25, 0.3) is 0 Å². The molecule has 1 aromatic rings. The highest BCUT2D eigenvalue weighted by Crippen LogP contribution is 2.38. The summed E-state index contributed by atoms with van der Waals surface area (Å²) in [6.45, 7) is 1.31. The molecular weight excluding hydrogens is 338 g/mol. The number of amides is 2. The number of carbonyl (C=O) groups excluding carboxylic acids is 2. The van der Waals surface area contributed by atoms with Crippen molar-refractivity contribution in [2.45, 2.75) is 24.3 Å². The normalized spacial score (nSPS) is 20.8. The molecule has 1 aliphatic heterocycles. The topological polar surface area (TPSA) is 120 Å². The van der Waals surface area contributed by atoms with Gasteiger partial charge in [-0.15, -0.1) is 10.1 Å². The van der Waals surface area contributed by atoms with Gasteiger partial charge in [-0.1, -0.05) is 23.9 Å². The lowest BCUT2D eigenvalue weighted by atomic mass is 10.0. The Hall–Kier alpha value is -2.49. The van der Waals surface area contributed by atoms with Gasteiger partial charge < -0.3 is 20.2 Å². The molecule has 0 saturated carbocycles. The minimum Gasteiger partial charge on any atom is -0.497 e. The number of nitrogens with one attached hydrogen (secondary N) is 2. The average Bonchev–Trinajstić information content (AvgIpc) is 2.95. The van der Waals surface area contributed by atoms with Crippen LogP contribution in [0.4, 0.5) is 4.79 Å². The summed E-state index contributed by atoms with van der Waals surface area (Å²) in [6, 6.07) is 5.74. The van der Waals surface area contributed by atoms with Crippen molar-refractivity contribution in [3.05, 3.63) is 39.9 Å². The maximum absolute atomic E-state index is 12.4. The van der Waals surface area contributed by atoms with E-state index < -0.39 is 28.3 Å². The van der Waals surface area contributed by atoms with Gasteiger partial charge in [0.05, 0.1) is 12.4 Å². The zero-order valence-corrected chi connectivity index (χ0v) is 13.9. The van der Waals surface area contributed by atoms with E-state index in [2.05, 4.69) is 15.5 Å². The number of nitrogens with zero attached hydrogens (tertiary/aromatic N) is 1. The van der Waals surface area contributed by atoms with Crippen LogP contribution in [-0.4, -0.2) is 42.0 Å². The molecule has 24 heavy (non-hydrogen) atoms. The van der Waals surface area contributed by atoms with Crippen LogP contribution in [-0.2, 0) is 9.63 Å². The molecule has 9 nitrogen and oxygen atoms in total. The van der Waals surface area contributed by atoms with Gasteiger partial charge in [0.25, 0.3) is 10.3 Å². The summed E-state index contributed by atoms with van der Waals surface area (Å²) in [5.74, 6) is 0.251. The molecule has 0 spiro atoms. The Balaban J connectivity index is 2.04. The first-order chi connectivity index (χ1) is 11.4. The molecule has 130 valence electrons. The number of ether oxygens (including phenoxy) is 1. The highest BCUT2D eigenvalue weighted by atomic mass is 32.2. The smallest absolute Gasteiger partial charge is 0.294 e. The quantitative estimate of drug-likeness (QED) is 0.558. The lowest BCUT2D eigenvalue weighted by Gasteiger charge is -2.20. The van der Waals surface area contributed by atoms with Crippen LogP contribution in [0.15, 0.2) is 24.3 Å². The van der Waals surface area contributed by atoms with Crippen molar-refractivity contribution in [1.82, 2.24) is 10.6 Å². The van der Waals surface area contributed by atoms with Crippen molar-refractivity contribution in [3.63, 3.8) is 0 Å². The van der Waals surface area contributed by atoms with E-state index in [9.17, 15) is 19.7 Å². The lowest BCUT2D eigenvalue weighted by Crippen LogP contribution is -2.48. The van der Waals surface area contributed by atoms with Crippen LogP contribution in [0.3, 0.4) is 0 Å². The minimum absolute atomic E-state index is 0.264. The van der Waals surface area contributed by atoms with Crippen LogP contribution in [0.2, 0.25) is 0 Å². The first-order valence-corrected chi connectivity index (χ1v) is 7.97. The van der Waals surface area contributed by atoms with E-state index in [1.165, 1.54) is 0 Å². The predicted molar refractivity (Wildman–Crippen MR) is 86.2 cm³/mol. The van der Waals surface area contributed by atoms with Gasteiger partial charge in [-0.3, -0.25) is 9.59 Å². The maximum atomic E-state index is 12.4. The van der Waals surface area contributed by atoms with Crippen molar-refractivity contribution < 1.29 is 24.3 Å². The molecule has 1 aromatic carbocycles. The van der Waals surface area contributed by atoms with E-state index in [-0.39, 0.29) is 11.8 Å². The maximum Gasteiger partial charge on any atom is 0.294 e. The number of rotatable bonds is 7. The standard InChI is InChI=1S/C14H17N3O6S/c1-8(7-23-17(20)21)15-13(18)11-12(24-14(19)16-11)9-3-5-10(22-2)6-4-9/h3-6,8,11-12H,7H2,1-2H3,(H,15,18)(H,16,19). The Morgan fingerprint density at radius 1 is 1.46 bits per heavy atom. The van der Waals surface area contributed by atoms with Gasteiger partial charge in [0.15, 0.2) is 0 Å². The number of thioether (sulfide) groups is 1. The van der Waals surface area contributed by atoms with Gasteiger partial charge in [-0.2, -0.15) is 0 Å². The predicted octanol–water partition coefficient (Wildman–Crippen LogP) is 1.27. The van der Waals surface area contributed by atoms with Crippen molar-refractivity contribution in [2.24, 2.45) is 0 Å². The van der Waals surface area contributed by atoms with Crippen LogP contribution in [0.1, 0.15) is 17.7 Å². The van der Waals surface area contributed by atoms with Gasteiger partial charge in [0.1, 0.15) is 18.4 Å². The van der Waals surface area contributed by atoms with Crippen molar-refractivity contribution in [1.29, 1.82) is 0 Å². The SMILES string of the molecule is COc1ccc(C2SC(=O)NC2C(=O)NC(C)CO[N+](=O)[O-])cc1. The first-order valence-electron chi connectivity index (χ1n) is 7.09. The molecule has 0 aromatic heterocycles. The van der Waals surface area contributed by atoms with E-state index in [1.54, 1.807) is 38.3 Å². The third-order valence-electron chi connectivity index (χ3n) is 3.36. The summed E-state index contributed by atoms with van der Waals surface area (Å²) in [6.07, 6.45) is 0. The van der Waals surface area contributed by atoms with Crippen molar-refractivity contribution >= 4 is 22.9 Å². The number of benzene rings is 1. The molecule has 2 amide bonds. The molecule has 0 radical (unpaired) electrons. The second-order valence-electron chi connectivity index (χ2n) is 5.15. The average molecular weight is 355 g/mol. The number of hydrogen-bond donors (Lipinski definition) is 2. The number of carbonyl (C=O) groups is 2. The summed E-state index contributed by atoms with van der Waals surface area (Å²) in [4.78, 5) is 38.5. The van der Waals surface area contributed by atoms with Gasteiger partial charge >= 0.3 is 0 Å². The molecule has 1 fully saturated rings. The van der Waals surface area contributed by atoms with Gasteiger partial charge in [0, 0.05) is 6.04 Å². The Morgan fingerprint density at radius 3 is 2.71 bits per heavy atom. The highest BCUT2D eigenvalue weighted by molar-refractivity contribution is 8.14. The van der Waals surface area contributed by atoms with Crippen LogP contribution in [0, 0.1) is 10.1 Å². The Bertz CT molecular complexity index is 623.